The maximum atomic E-state index is 4.58. The van der Waals surface area contributed by atoms with Crippen LogP contribution >= 0.6 is 11.3 Å². The fourth-order valence-electron chi connectivity index (χ4n) is 2.73. The van der Waals surface area contributed by atoms with Gasteiger partial charge in [0.25, 0.3) is 0 Å². The van der Waals surface area contributed by atoms with Crippen LogP contribution in [0.25, 0.3) is 0 Å². The lowest BCUT2D eigenvalue weighted by Crippen LogP contribution is -2.47. The summed E-state index contributed by atoms with van der Waals surface area (Å²) >= 11 is 1.76. The first kappa shape index (κ1) is 14.6. The average Bonchev–Trinajstić information content (AvgIpc) is 3.33. The predicted molar refractivity (Wildman–Crippen MR) is 92.5 cm³/mol. The van der Waals surface area contributed by atoms with Gasteiger partial charge in [0.05, 0.1) is 0 Å². The monoisotopic (exact) mass is 331 g/mol. The van der Waals surface area contributed by atoms with Gasteiger partial charge in [-0.3, -0.25) is 0 Å². The van der Waals surface area contributed by atoms with E-state index < -0.39 is 0 Å². The molecular formula is C15H21N7S. The highest BCUT2D eigenvalue weighted by Gasteiger charge is 2.29. The van der Waals surface area contributed by atoms with Crippen molar-refractivity contribution < 1.29 is 0 Å². The van der Waals surface area contributed by atoms with Crippen LogP contribution in [0.1, 0.15) is 30.7 Å². The lowest BCUT2D eigenvalue weighted by molar-refractivity contribution is 0.636. The van der Waals surface area contributed by atoms with E-state index in [9.17, 15) is 0 Å². The molecule has 2 aromatic heterocycles. The standard InChI is InChI=1S/C15H21N7S/c1-2-16-12-5-6-17-14(18-12)21-7-9-22(10-8-21)15-20-19-13(23-15)11-3-4-11/h5-6,11H,2-4,7-10H2,1H3,(H,16,17,18). The van der Waals surface area contributed by atoms with E-state index >= 15 is 0 Å². The number of nitrogens with one attached hydrogen (secondary N) is 1. The third-order valence-electron chi connectivity index (χ3n) is 4.19. The molecule has 0 bridgehead atoms. The van der Waals surface area contributed by atoms with Gasteiger partial charge in [0.15, 0.2) is 0 Å². The summed E-state index contributed by atoms with van der Waals surface area (Å²) in [6, 6.07) is 1.91. The third kappa shape index (κ3) is 3.21. The highest BCUT2D eigenvalue weighted by Crippen LogP contribution is 2.42. The Hall–Kier alpha value is -1.96. The average molecular weight is 331 g/mol. The van der Waals surface area contributed by atoms with Crippen LogP contribution in [0.15, 0.2) is 12.3 Å². The molecule has 0 spiro atoms. The number of aromatic nitrogens is 4. The van der Waals surface area contributed by atoms with Crippen molar-refractivity contribution in [1.82, 2.24) is 20.2 Å². The summed E-state index contributed by atoms with van der Waals surface area (Å²) in [5, 5.41) is 14.2. The van der Waals surface area contributed by atoms with E-state index in [1.807, 2.05) is 12.3 Å². The zero-order chi connectivity index (χ0) is 15.6. The second-order valence-electron chi connectivity index (χ2n) is 5.94. The molecule has 7 nitrogen and oxygen atoms in total. The number of anilines is 3. The number of rotatable bonds is 5. The van der Waals surface area contributed by atoms with Gasteiger partial charge in [0.1, 0.15) is 10.8 Å². The quantitative estimate of drug-likeness (QED) is 0.898. The van der Waals surface area contributed by atoms with Crippen molar-refractivity contribution >= 4 is 28.2 Å². The Balaban J connectivity index is 1.39. The molecule has 1 N–H and O–H groups in total. The van der Waals surface area contributed by atoms with Gasteiger partial charge in [-0.2, -0.15) is 4.98 Å². The van der Waals surface area contributed by atoms with E-state index in [0.717, 1.165) is 49.6 Å². The maximum Gasteiger partial charge on any atom is 0.227 e. The Morgan fingerprint density at radius 2 is 1.96 bits per heavy atom. The van der Waals surface area contributed by atoms with E-state index in [1.54, 1.807) is 11.3 Å². The fraction of sp³-hybridized carbons (Fsp3) is 0.600. The SMILES string of the molecule is CCNc1ccnc(N2CCN(c3nnc(C4CC4)s3)CC2)n1. The van der Waals surface area contributed by atoms with Crippen molar-refractivity contribution in [2.24, 2.45) is 0 Å². The Kier molecular flexibility index (Phi) is 3.99. The minimum absolute atomic E-state index is 0.685. The van der Waals surface area contributed by atoms with Crippen LogP contribution in [0, 0.1) is 0 Å². The second-order valence-corrected chi connectivity index (χ2v) is 6.93. The van der Waals surface area contributed by atoms with Crippen LogP contribution < -0.4 is 15.1 Å². The van der Waals surface area contributed by atoms with Gasteiger partial charge < -0.3 is 15.1 Å². The molecule has 2 aliphatic rings. The Bertz CT molecular complexity index is 661. The van der Waals surface area contributed by atoms with E-state index in [-0.39, 0.29) is 0 Å². The first-order chi connectivity index (χ1) is 11.3. The van der Waals surface area contributed by atoms with Crippen molar-refractivity contribution in [1.29, 1.82) is 0 Å². The van der Waals surface area contributed by atoms with Gasteiger partial charge >= 0.3 is 0 Å². The number of piperazine rings is 1. The van der Waals surface area contributed by atoms with Crippen molar-refractivity contribution in [3.63, 3.8) is 0 Å². The largest absolute Gasteiger partial charge is 0.370 e. The molecule has 0 unspecified atom stereocenters. The molecule has 0 aromatic carbocycles. The highest BCUT2D eigenvalue weighted by atomic mass is 32.1. The lowest BCUT2D eigenvalue weighted by Gasteiger charge is -2.34. The molecule has 4 rings (SSSR count). The van der Waals surface area contributed by atoms with E-state index in [2.05, 4.69) is 42.2 Å². The molecule has 8 heteroatoms. The van der Waals surface area contributed by atoms with Crippen LogP contribution in [0.4, 0.5) is 16.9 Å². The molecule has 0 atom stereocenters. The number of hydrogen-bond donors (Lipinski definition) is 1. The van der Waals surface area contributed by atoms with Crippen molar-refractivity contribution in [3.05, 3.63) is 17.3 Å². The number of hydrogen-bond acceptors (Lipinski definition) is 8. The molecule has 1 aliphatic carbocycles. The molecular weight excluding hydrogens is 310 g/mol. The summed E-state index contributed by atoms with van der Waals surface area (Å²) in [4.78, 5) is 13.6. The third-order valence-corrected chi connectivity index (χ3v) is 5.34. The fourth-order valence-corrected chi connectivity index (χ4v) is 3.79. The lowest BCUT2D eigenvalue weighted by atomic mass is 10.3. The van der Waals surface area contributed by atoms with Crippen LogP contribution in [0.5, 0.6) is 0 Å². The zero-order valence-corrected chi connectivity index (χ0v) is 14.1. The van der Waals surface area contributed by atoms with Crippen molar-refractivity contribution in [2.45, 2.75) is 25.7 Å². The van der Waals surface area contributed by atoms with E-state index in [0.29, 0.717) is 5.92 Å². The summed E-state index contributed by atoms with van der Waals surface area (Å²) in [7, 11) is 0. The van der Waals surface area contributed by atoms with Gasteiger partial charge in [-0.1, -0.05) is 11.3 Å². The minimum Gasteiger partial charge on any atom is -0.370 e. The van der Waals surface area contributed by atoms with Crippen molar-refractivity contribution in [2.75, 3.05) is 47.8 Å². The van der Waals surface area contributed by atoms with Crippen LogP contribution in [-0.2, 0) is 0 Å². The van der Waals surface area contributed by atoms with Gasteiger partial charge in [-0.15, -0.1) is 10.2 Å². The van der Waals surface area contributed by atoms with Gasteiger partial charge in [0.2, 0.25) is 11.1 Å². The first-order valence-electron chi connectivity index (χ1n) is 8.23. The van der Waals surface area contributed by atoms with Gasteiger partial charge in [-0.05, 0) is 25.8 Å². The second kappa shape index (κ2) is 6.27. The van der Waals surface area contributed by atoms with Crippen LogP contribution in [0.2, 0.25) is 0 Å². The summed E-state index contributed by atoms with van der Waals surface area (Å²) in [5.41, 5.74) is 0. The van der Waals surface area contributed by atoms with Crippen LogP contribution in [-0.4, -0.2) is 52.9 Å². The molecule has 1 saturated heterocycles. The molecule has 23 heavy (non-hydrogen) atoms. The van der Waals surface area contributed by atoms with E-state index in [4.69, 9.17) is 0 Å². The smallest absolute Gasteiger partial charge is 0.227 e. The molecule has 122 valence electrons. The molecule has 1 saturated carbocycles. The molecule has 1 aliphatic heterocycles. The highest BCUT2D eigenvalue weighted by molar-refractivity contribution is 7.15. The van der Waals surface area contributed by atoms with Crippen molar-refractivity contribution in [3.8, 4) is 0 Å². The molecule has 0 amide bonds. The summed E-state index contributed by atoms with van der Waals surface area (Å²) in [5.74, 6) is 2.38. The zero-order valence-electron chi connectivity index (χ0n) is 13.3. The first-order valence-corrected chi connectivity index (χ1v) is 9.05. The Morgan fingerprint density at radius 1 is 1.17 bits per heavy atom. The Morgan fingerprint density at radius 3 is 2.70 bits per heavy atom. The summed E-state index contributed by atoms with van der Waals surface area (Å²) < 4.78 is 0. The summed E-state index contributed by atoms with van der Waals surface area (Å²) in [6.45, 7) is 6.63. The molecule has 2 fully saturated rings. The normalized spacial score (nSPS) is 18.3. The maximum absolute atomic E-state index is 4.58. The van der Waals surface area contributed by atoms with Gasteiger partial charge in [-0.25, -0.2) is 4.98 Å². The Labute approximate surface area is 139 Å². The molecule has 2 aromatic rings. The molecule has 0 radical (unpaired) electrons. The predicted octanol–water partition coefficient (Wildman–Crippen LogP) is 1.96. The topological polar surface area (TPSA) is 70.1 Å². The summed E-state index contributed by atoms with van der Waals surface area (Å²) in [6.07, 6.45) is 4.38. The minimum atomic E-state index is 0.685. The van der Waals surface area contributed by atoms with Crippen LogP contribution in [0.3, 0.4) is 0 Å². The van der Waals surface area contributed by atoms with E-state index in [1.165, 1.54) is 17.8 Å². The van der Waals surface area contributed by atoms with Gasteiger partial charge in [0, 0.05) is 44.8 Å². The number of nitrogens with zero attached hydrogens (tertiary/aromatic N) is 6. The molecule has 3 heterocycles.